The summed E-state index contributed by atoms with van der Waals surface area (Å²) in [6.45, 7) is 5.91. The first-order valence-corrected chi connectivity index (χ1v) is 6.57. The number of nitrogens with one attached hydrogen (secondary N) is 1. The van der Waals surface area contributed by atoms with Crippen LogP contribution in [0.1, 0.15) is 45.6 Å². The molecule has 100 valence electrons. The molecule has 3 nitrogen and oxygen atoms in total. The van der Waals surface area contributed by atoms with Crippen molar-refractivity contribution in [2.75, 3.05) is 0 Å². The Morgan fingerprint density at radius 1 is 1.39 bits per heavy atom. The van der Waals surface area contributed by atoms with Gasteiger partial charge in [0, 0.05) is 6.04 Å². The summed E-state index contributed by atoms with van der Waals surface area (Å²) < 4.78 is 0. The average molecular weight is 249 g/mol. The van der Waals surface area contributed by atoms with Crippen molar-refractivity contribution < 1.29 is 9.90 Å². The van der Waals surface area contributed by atoms with Crippen molar-refractivity contribution >= 4 is 5.97 Å². The van der Waals surface area contributed by atoms with Crippen LogP contribution in [0.15, 0.2) is 30.3 Å². The second-order valence-corrected chi connectivity index (χ2v) is 4.98. The van der Waals surface area contributed by atoms with E-state index in [1.54, 1.807) is 6.92 Å². The van der Waals surface area contributed by atoms with Crippen LogP contribution in [0.25, 0.3) is 0 Å². The molecule has 1 aromatic carbocycles. The Labute approximate surface area is 109 Å². The molecule has 3 heteroatoms. The third-order valence-corrected chi connectivity index (χ3v) is 3.30. The van der Waals surface area contributed by atoms with Crippen molar-refractivity contribution in [1.82, 2.24) is 5.32 Å². The number of carboxylic acids is 1. The van der Waals surface area contributed by atoms with E-state index in [1.165, 1.54) is 0 Å². The molecule has 2 unspecified atom stereocenters. The number of hydrogen-bond donors (Lipinski definition) is 2. The lowest BCUT2D eigenvalue weighted by atomic mass is 9.90. The van der Waals surface area contributed by atoms with E-state index in [0.717, 1.165) is 24.8 Å². The van der Waals surface area contributed by atoms with Crippen LogP contribution in [0.3, 0.4) is 0 Å². The summed E-state index contributed by atoms with van der Waals surface area (Å²) in [4.78, 5) is 11.6. The molecule has 0 heterocycles. The lowest BCUT2D eigenvalue weighted by Crippen LogP contribution is -2.50. The average Bonchev–Trinajstić information content (AvgIpc) is 2.37. The van der Waals surface area contributed by atoms with E-state index in [1.807, 2.05) is 37.3 Å². The number of carbonyl (C=O) groups is 1. The van der Waals surface area contributed by atoms with Gasteiger partial charge in [0.2, 0.25) is 0 Å². The van der Waals surface area contributed by atoms with Gasteiger partial charge < -0.3 is 5.11 Å². The van der Waals surface area contributed by atoms with Crippen molar-refractivity contribution in [3.63, 3.8) is 0 Å². The van der Waals surface area contributed by atoms with Gasteiger partial charge in [-0.3, -0.25) is 5.32 Å². The highest BCUT2D eigenvalue weighted by Gasteiger charge is 2.35. The largest absolute Gasteiger partial charge is 0.480 e. The predicted molar refractivity (Wildman–Crippen MR) is 73.6 cm³/mol. The number of aliphatic carboxylic acids is 1. The smallest absolute Gasteiger partial charge is 0.328 e. The first-order valence-electron chi connectivity index (χ1n) is 6.57. The minimum absolute atomic E-state index is 0.186. The third kappa shape index (κ3) is 3.57. The number of benzene rings is 1. The minimum Gasteiger partial charge on any atom is -0.480 e. The highest BCUT2D eigenvalue weighted by Crippen LogP contribution is 2.22. The van der Waals surface area contributed by atoms with E-state index in [9.17, 15) is 9.90 Å². The SMILES string of the molecule is CCCCC(C)NC(C)(C(=O)O)c1ccccc1. The minimum atomic E-state index is -1.02. The topological polar surface area (TPSA) is 49.3 Å². The second-order valence-electron chi connectivity index (χ2n) is 4.98. The lowest BCUT2D eigenvalue weighted by molar-refractivity contribution is -0.145. The molecule has 2 atom stereocenters. The third-order valence-electron chi connectivity index (χ3n) is 3.30. The number of unbranched alkanes of at least 4 members (excludes halogenated alkanes) is 1. The summed E-state index contributed by atoms with van der Waals surface area (Å²) in [5, 5.41) is 12.7. The van der Waals surface area contributed by atoms with Crippen LogP contribution in [0.5, 0.6) is 0 Å². The van der Waals surface area contributed by atoms with Crippen molar-refractivity contribution in [3.8, 4) is 0 Å². The van der Waals surface area contributed by atoms with Gasteiger partial charge in [0.1, 0.15) is 5.54 Å². The molecule has 2 N–H and O–H groups in total. The summed E-state index contributed by atoms with van der Waals surface area (Å²) in [5.41, 5.74) is -0.227. The molecule has 0 saturated heterocycles. The Kier molecular flexibility index (Phi) is 5.35. The molecule has 1 rings (SSSR count). The summed E-state index contributed by atoms with van der Waals surface area (Å²) in [7, 11) is 0. The molecule has 0 radical (unpaired) electrons. The second kappa shape index (κ2) is 6.55. The summed E-state index contributed by atoms with van der Waals surface area (Å²) in [5.74, 6) is -0.836. The molecule has 0 saturated carbocycles. The fourth-order valence-electron chi connectivity index (χ4n) is 2.12. The van der Waals surface area contributed by atoms with Crippen LogP contribution in [0.4, 0.5) is 0 Å². The van der Waals surface area contributed by atoms with Crippen LogP contribution < -0.4 is 5.32 Å². The van der Waals surface area contributed by atoms with Crippen molar-refractivity contribution in [2.24, 2.45) is 0 Å². The van der Waals surface area contributed by atoms with E-state index >= 15 is 0 Å². The maximum atomic E-state index is 11.6. The van der Waals surface area contributed by atoms with Gasteiger partial charge in [0.25, 0.3) is 0 Å². The Morgan fingerprint density at radius 2 is 2.00 bits per heavy atom. The van der Waals surface area contributed by atoms with Gasteiger partial charge >= 0.3 is 5.97 Å². The van der Waals surface area contributed by atoms with E-state index in [4.69, 9.17) is 0 Å². The van der Waals surface area contributed by atoms with E-state index in [0.29, 0.717) is 0 Å². The Hall–Kier alpha value is -1.35. The number of carboxylic acid groups (broad SMARTS) is 1. The molecule has 0 bridgehead atoms. The summed E-state index contributed by atoms with van der Waals surface area (Å²) in [6.07, 6.45) is 3.23. The molecule has 0 fully saturated rings. The normalized spacial score (nSPS) is 15.9. The van der Waals surface area contributed by atoms with Gasteiger partial charge in [-0.2, -0.15) is 0 Å². The molecular formula is C15H23NO2. The van der Waals surface area contributed by atoms with E-state index in [-0.39, 0.29) is 6.04 Å². The van der Waals surface area contributed by atoms with Crippen LogP contribution >= 0.6 is 0 Å². The zero-order valence-corrected chi connectivity index (χ0v) is 11.4. The van der Waals surface area contributed by atoms with E-state index < -0.39 is 11.5 Å². The molecular weight excluding hydrogens is 226 g/mol. The monoisotopic (exact) mass is 249 g/mol. The van der Waals surface area contributed by atoms with Gasteiger partial charge in [-0.25, -0.2) is 4.79 Å². The van der Waals surface area contributed by atoms with E-state index in [2.05, 4.69) is 12.2 Å². The zero-order valence-electron chi connectivity index (χ0n) is 11.4. The molecule has 0 amide bonds. The van der Waals surface area contributed by atoms with Gasteiger partial charge in [-0.05, 0) is 25.8 Å². The zero-order chi connectivity index (χ0) is 13.6. The van der Waals surface area contributed by atoms with Crippen molar-refractivity contribution in [3.05, 3.63) is 35.9 Å². The highest BCUT2D eigenvalue weighted by molar-refractivity contribution is 5.80. The van der Waals surface area contributed by atoms with Crippen molar-refractivity contribution in [2.45, 2.75) is 51.6 Å². The van der Waals surface area contributed by atoms with Crippen LogP contribution in [-0.4, -0.2) is 17.1 Å². The summed E-state index contributed by atoms with van der Waals surface area (Å²) in [6, 6.07) is 9.53. The molecule has 0 aliphatic heterocycles. The van der Waals surface area contributed by atoms with Gasteiger partial charge in [0.15, 0.2) is 0 Å². The number of rotatable bonds is 7. The first kappa shape index (κ1) is 14.7. The highest BCUT2D eigenvalue weighted by atomic mass is 16.4. The standard InChI is InChI=1S/C15H23NO2/c1-4-5-9-12(2)16-15(3,14(17)18)13-10-7-6-8-11-13/h6-8,10-12,16H,4-5,9H2,1-3H3,(H,17,18). The molecule has 0 aliphatic carbocycles. The molecule has 1 aromatic rings. The quantitative estimate of drug-likeness (QED) is 0.780. The van der Waals surface area contributed by atoms with Gasteiger partial charge in [0.05, 0.1) is 0 Å². The number of hydrogen-bond acceptors (Lipinski definition) is 2. The predicted octanol–water partition coefficient (Wildman–Crippen LogP) is 3.15. The Morgan fingerprint density at radius 3 is 2.50 bits per heavy atom. The van der Waals surface area contributed by atoms with Crippen molar-refractivity contribution in [1.29, 1.82) is 0 Å². The van der Waals surface area contributed by atoms with Crippen LogP contribution in [-0.2, 0) is 10.3 Å². The van der Waals surface area contributed by atoms with Crippen LogP contribution in [0, 0.1) is 0 Å². The maximum absolute atomic E-state index is 11.6. The summed E-state index contributed by atoms with van der Waals surface area (Å²) >= 11 is 0. The molecule has 0 spiro atoms. The maximum Gasteiger partial charge on any atom is 0.328 e. The Bertz CT molecular complexity index is 377. The Balaban J connectivity index is 2.85. The van der Waals surface area contributed by atoms with Gasteiger partial charge in [-0.1, -0.05) is 50.1 Å². The molecule has 18 heavy (non-hydrogen) atoms. The first-order chi connectivity index (χ1) is 8.50. The molecule has 0 aromatic heterocycles. The lowest BCUT2D eigenvalue weighted by Gasteiger charge is -2.30. The fourth-order valence-corrected chi connectivity index (χ4v) is 2.12. The fraction of sp³-hybridized carbons (Fsp3) is 0.533. The van der Waals surface area contributed by atoms with Crippen LogP contribution in [0.2, 0.25) is 0 Å². The van der Waals surface area contributed by atoms with Gasteiger partial charge in [-0.15, -0.1) is 0 Å². The molecule has 0 aliphatic rings.